The molecule has 0 radical (unpaired) electrons. The van der Waals surface area contributed by atoms with Crippen LogP contribution in [0.3, 0.4) is 0 Å². The molecule has 0 aliphatic carbocycles. The summed E-state index contributed by atoms with van der Waals surface area (Å²) >= 11 is 0. The number of amides is 1. The molecule has 1 amide bonds. The van der Waals surface area contributed by atoms with Crippen LogP contribution in [0, 0.1) is 5.41 Å². The Morgan fingerprint density at radius 1 is 1.30 bits per heavy atom. The Bertz CT molecular complexity index is 712. The highest BCUT2D eigenvalue weighted by Crippen LogP contribution is 2.32. The Morgan fingerprint density at radius 3 is 2.65 bits per heavy atom. The predicted octanol–water partition coefficient (Wildman–Crippen LogP) is 2.72. The van der Waals surface area contributed by atoms with E-state index in [9.17, 15) is 4.79 Å². The van der Waals surface area contributed by atoms with Crippen molar-refractivity contribution in [1.29, 1.82) is 0 Å². The minimum atomic E-state index is -0.359. The second-order valence-electron chi connectivity index (χ2n) is 6.81. The summed E-state index contributed by atoms with van der Waals surface area (Å²) in [5.74, 6) is 2.05. The van der Waals surface area contributed by atoms with Crippen molar-refractivity contribution in [1.82, 2.24) is 15.0 Å². The van der Waals surface area contributed by atoms with E-state index >= 15 is 0 Å². The van der Waals surface area contributed by atoms with Crippen molar-refractivity contribution in [3.8, 4) is 17.1 Å². The largest absolute Gasteiger partial charge is 0.496 e. The number of hydrogen-bond donors (Lipinski definition) is 0. The molecule has 0 spiro atoms. The van der Waals surface area contributed by atoms with Crippen LogP contribution in [0.5, 0.6) is 5.75 Å². The molecule has 0 bridgehead atoms. The molecule has 6 heteroatoms. The third-order valence-corrected chi connectivity index (χ3v) is 3.95. The lowest BCUT2D eigenvalue weighted by Gasteiger charge is -2.40. The van der Waals surface area contributed by atoms with Gasteiger partial charge in [0.05, 0.1) is 18.6 Å². The van der Waals surface area contributed by atoms with Crippen molar-refractivity contribution in [3.63, 3.8) is 0 Å². The zero-order valence-electron chi connectivity index (χ0n) is 13.9. The van der Waals surface area contributed by atoms with Gasteiger partial charge in [0.1, 0.15) is 5.75 Å². The van der Waals surface area contributed by atoms with Gasteiger partial charge in [-0.3, -0.25) is 4.79 Å². The zero-order chi connectivity index (χ0) is 16.6. The van der Waals surface area contributed by atoms with Crippen molar-refractivity contribution in [2.45, 2.75) is 26.7 Å². The zero-order valence-corrected chi connectivity index (χ0v) is 13.9. The van der Waals surface area contributed by atoms with Crippen LogP contribution < -0.4 is 4.74 Å². The summed E-state index contributed by atoms with van der Waals surface area (Å²) in [6.45, 7) is 7.03. The van der Waals surface area contributed by atoms with Gasteiger partial charge in [-0.05, 0) is 12.1 Å². The molecule has 0 N–H and O–H groups in total. The third-order valence-electron chi connectivity index (χ3n) is 3.95. The van der Waals surface area contributed by atoms with Gasteiger partial charge < -0.3 is 14.2 Å². The molecule has 1 fully saturated rings. The van der Waals surface area contributed by atoms with Gasteiger partial charge in [-0.1, -0.05) is 38.1 Å². The first-order chi connectivity index (χ1) is 10.9. The fourth-order valence-electron chi connectivity index (χ4n) is 2.61. The SMILES string of the molecule is COc1ccccc1-c1noc(C2CN(C(=O)C(C)(C)C)C2)n1. The van der Waals surface area contributed by atoms with Gasteiger partial charge in [0.2, 0.25) is 17.6 Å². The van der Waals surface area contributed by atoms with Crippen LogP contribution in [0.2, 0.25) is 0 Å². The second kappa shape index (κ2) is 5.68. The lowest BCUT2D eigenvalue weighted by atomic mass is 9.90. The Morgan fingerprint density at radius 2 is 2.00 bits per heavy atom. The minimum absolute atomic E-state index is 0.109. The van der Waals surface area contributed by atoms with Crippen molar-refractivity contribution < 1.29 is 14.1 Å². The standard InChI is InChI=1S/C17H21N3O3/c1-17(2,3)16(21)20-9-11(10-20)15-18-14(19-23-15)12-7-5-6-8-13(12)22-4/h5-8,11H,9-10H2,1-4H3. The molecule has 3 rings (SSSR count). The molecule has 23 heavy (non-hydrogen) atoms. The Hall–Kier alpha value is -2.37. The van der Waals surface area contributed by atoms with Gasteiger partial charge in [-0.25, -0.2) is 0 Å². The van der Waals surface area contributed by atoms with Crippen molar-refractivity contribution in [2.24, 2.45) is 5.41 Å². The number of ether oxygens (including phenoxy) is 1. The molecule has 0 saturated carbocycles. The number of methoxy groups -OCH3 is 1. The molecule has 0 atom stereocenters. The van der Waals surface area contributed by atoms with Crippen LogP contribution in [0.15, 0.2) is 28.8 Å². The molecule has 1 aliphatic rings. The summed E-state index contributed by atoms with van der Waals surface area (Å²) in [5, 5.41) is 4.05. The molecule has 2 aromatic rings. The predicted molar refractivity (Wildman–Crippen MR) is 85.1 cm³/mol. The average molecular weight is 315 g/mol. The van der Waals surface area contributed by atoms with Crippen molar-refractivity contribution in [3.05, 3.63) is 30.2 Å². The first-order valence-electron chi connectivity index (χ1n) is 7.66. The Labute approximate surface area is 135 Å². The van der Waals surface area contributed by atoms with E-state index in [0.29, 0.717) is 30.6 Å². The van der Waals surface area contributed by atoms with Crippen LogP contribution >= 0.6 is 0 Å². The lowest BCUT2D eigenvalue weighted by molar-refractivity contribution is -0.144. The average Bonchev–Trinajstić information content (AvgIpc) is 2.94. The van der Waals surface area contributed by atoms with Gasteiger partial charge in [-0.2, -0.15) is 4.98 Å². The van der Waals surface area contributed by atoms with Gasteiger partial charge in [-0.15, -0.1) is 0 Å². The topological polar surface area (TPSA) is 68.5 Å². The van der Waals surface area contributed by atoms with E-state index in [1.165, 1.54) is 0 Å². The number of carbonyl (C=O) groups is 1. The summed E-state index contributed by atoms with van der Waals surface area (Å²) in [4.78, 5) is 18.5. The van der Waals surface area contributed by atoms with Gasteiger partial charge >= 0.3 is 0 Å². The molecule has 1 aliphatic heterocycles. The molecular formula is C17H21N3O3. The molecule has 122 valence electrons. The molecular weight excluding hydrogens is 294 g/mol. The van der Waals surface area contributed by atoms with Crippen molar-refractivity contribution >= 4 is 5.91 Å². The quantitative estimate of drug-likeness (QED) is 0.871. The van der Waals surface area contributed by atoms with Gasteiger partial charge in [0.25, 0.3) is 0 Å². The first-order valence-corrected chi connectivity index (χ1v) is 7.66. The number of nitrogens with zero attached hydrogens (tertiary/aromatic N) is 3. The smallest absolute Gasteiger partial charge is 0.233 e. The van der Waals surface area contributed by atoms with E-state index in [-0.39, 0.29) is 17.2 Å². The highest BCUT2D eigenvalue weighted by Gasteiger charge is 2.39. The molecule has 2 heterocycles. The molecule has 0 unspecified atom stereocenters. The number of benzene rings is 1. The molecule has 1 saturated heterocycles. The number of para-hydroxylation sites is 1. The Balaban J connectivity index is 1.71. The highest BCUT2D eigenvalue weighted by atomic mass is 16.5. The normalized spacial score (nSPS) is 15.4. The summed E-state index contributed by atoms with van der Waals surface area (Å²) in [5.41, 5.74) is 0.439. The van der Waals surface area contributed by atoms with E-state index in [0.717, 1.165) is 5.56 Å². The fraction of sp³-hybridized carbons (Fsp3) is 0.471. The molecule has 1 aromatic heterocycles. The van der Waals surface area contributed by atoms with E-state index in [1.807, 2.05) is 49.9 Å². The van der Waals surface area contributed by atoms with Crippen molar-refractivity contribution in [2.75, 3.05) is 20.2 Å². The number of rotatable bonds is 3. The van der Waals surface area contributed by atoms with Crippen LogP contribution in [0.4, 0.5) is 0 Å². The summed E-state index contributed by atoms with van der Waals surface area (Å²) in [6, 6.07) is 7.55. The molecule has 6 nitrogen and oxygen atoms in total. The lowest BCUT2D eigenvalue weighted by Crippen LogP contribution is -2.52. The third kappa shape index (κ3) is 2.93. The number of likely N-dealkylation sites (tertiary alicyclic amines) is 1. The van der Waals surface area contributed by atoms with Crippen LogP contribution in [0.25, 0.3) is 11.4 Å². The number of carbonyl (C=O) groups excluding carboxylic acids is 1. The summed E-state index contributed by atoms with van der Waals surface area (Å²) in [6.07, 6.45) is 0. The highest BCUT2D eigenvalue weighted by molar-refractivity contribution is 5.82. The number of aromatic nitrogens is 2. The Kier molecular flexibility index (Phi) is 3.83. The van der Waals surface area contributed by atoms with Crippen LogP contribution in [0.1, 0.15) is 32.6 Å². The van der Waals surface area contributed by atoms with E-state index in [2.05, 4.69) is 10.1 Å². The maximum Gasteiger partial charge on any atom is 0.233 e. The maximum absolute atomic E-state index is 12.2. The van der Waals surface area contributed by atoms with E-state index < -0.39 is 0 Å². The first kappa shape index (κ1) is 15.5. The summed E-state index contributed by atoms with van der Waals surface area (Å²) < 4.78 is 10.7. The van der Waals surface area contributed by atoms with Gasteiger partial charge in [0, 0.05) is 18.5 Å². The van der Waals surface area contributed by atoms with Crippen LogP contribution in [-0.4, -0.2) is 41.1 Å². The minimum Gasteiger partial charge on any atom is -0.496 e. The van der Waals surface area contributed by atoms with Gasteiger partial charge in [0.15, 0.2) is 0 Å². The molecule has 1 aromatic carbocycles. The second-order valence-corrected chi connectivity index (χ2v) is 6.81. The fourth-order valence-corrected chi connectivity index (χ4v) is 2.61. The van der Waals surface area contributed by atoms with Crippen LogP contribution in [-0.2, 0) is 4.79 Å². The monoisotopic (exact) mass is 315 g/mol. The number of hydrogen-bond acceptors (Lipinski definition) is 5. The van der Waals surface area contributed by atoms with E-state index in [4.69, 9.17) is 9.26 Å². The summed E-state index contributed by atoms with van der Waals surface area (Å²) in [7, 11) is 1.61. The van der Waals surface area contributed by atoms with E-state index in [1.54, 1.807) is 7.11 Å². The maximum atomic E-state index is 12.2.